The molecule has 32 heavy (non-hydrogen) atoms. The van der Waals surface area contributed by atoms with E-state index in [2.05, 4.69) is 52.2 Å². The van der Waals surface area contributed by atoms with E-state index in [1.807, 2.05) is 11.7 Å². The zero-order valence-corrected chi connectivity index (χ0v) is 18.3. The Balaban J connectivity index is 0.000000360. The molecule has 6 nitrogen and oxygen atoms in total. The van der Waals surface area contributed by atoms with Gasteiger partial charge >= 0.3 is 12.1 Å². The Hall–Kier alpha value is -2.69. The monoisotopic (exact) mass is 466 g/mol. The lowest BCUT2D eigenvalue weighted by molar-refractivity contribution is -0.192. The molecule has 0 radical (unpaired) electrons. The van der Waals surface area contributed by atoms with Gasteiger partial charge in [-0.1, -0.05) is 24.3 Å². The van der Waals surface area contributed by atoms with Crippen LogP contribution < -0.4 is 11.1 Å². The number of rotatable bonds is 5. The summed E-state index contributed by atoms with van der Waals surface area (Å²) in [5, 5.41) is 17.6. The second kappa shape index (κ2) is 10.3. The molecule has 4 N–H and O–H groups in total. The first-order chi connectivity index (χ1) is 15.2. The fourth-order valence-corrected chi connectivity index (χ4v) is 4.48. The molecule has 1 aliphatic rings. The van der Waals surface area contributed by atoms with Crippen LogP contribution in [0.1, 0.15) is 41.3 Å². The Morgan fingerprint density at radius 2 is 2.09 bits per heavy atom. The highest BCUT2D eigenvalue weighted by Crippen LogP contribution is 2.31. The number of carbonyl (C=O) groups is 1. The Kier molecular flexibility index (Phi) is 7.70. The number of benzene rings is 1. The van der Waals surface area contributed by atoms with E-state index >= 15 is 0 Å². The second-order valence-corrected chi connectivity index (χ2v) is 8.44. The molecule has 1 unspecified atom stereocenters. The number of fused-ring (bicyclic) bond motifs is 1. The van der Waals surface area contributed by atoms with Crippen molar-refractivity contribution in [1.29, 1.82) is 0 Å². The van der Waals surface area contributed by atoms with Gasteiger partial charge in [0.05, 0.1) is 16.3 Å². The van der Waals surface area contributed by atoms with Crippen LogP contribution in [0.15, 0.2) is 41.8 Å². The number of halogens is 3. The average molecular weight is 467 g/mol. The van der Waals surface area contributed by atoms with Gasteiger partial charge in [-0.15, -0.1) is 11.3 Å². The van der Waals surface area contributed by atoms with Gasteiger partial charge in [-0.3, -0.25) is 4.68 Å². The number of aliphatic carboxylic acids is 1. The second-order valence-electron chi connectivity index (χ2n) is 7.49. The van der Waals surface area contributed by atoms with Crippen LogP contribution in [0.4, 0.5) is 13.2 Å². The largest absolute Gasteiger partial charge is 0.490 e. The number of carboxylic acids is 1. The van der Waals surface area contributed by atoms with Crippen molar-refractivity contribution in [2.45, 2.75) is 44.6 Å². The highest BCUT2D eigenvalue weighted by atomic mass is 32.1. The van der Waals surface area contributed by atoms with Crippen LogP contribution in [0, 0.1) is 0 Å². The minimum absolute atomic E-state index is 0.405. The minimum atomic E-state index is -5.08. The normalized spacial score (nSPS) is 15.6. The summed E-state index contributed by atoms with van der Waals surface area (Å²) in [6.45, 7) is 1.41. The molecular formula is C22H25F3N4O2S. The zero-order valence-electron chi connectivity index (χ0n) is 17.5. The lowest BCUT2D eigenvalue weighted by Gasteiger charge is -2.26. The molecule has 0 bridgehead atoms. The van der Waals surface area contributed by atoms with Crippen molar-refractivity contribution in [3.05, 3.63) is 64.2 Å². The molecule has 2 heterocycles. The maximum atomic E-state index is 10.6. The molecular weight excluding hydrogens is 441 g/mol. The fraction of sp³-hybridized carbons (Fsp3) is 0.364. The number of nitrogens with one attached hydrogen (secondary N) is 1. The van der Waals surface area contributed by atoms with Crippen LogP contribution in [0.5, 0.6) is 0 Å². The summed E-state index contributed by atoms with van der Waals surface area (Å²) in [6, 6.07) is 13.5. The van der Waals surface area contributed by atoms with Gasteiger partial charge in [-0.05, 0) is 53.5 Å². The summed E-state index contributed by atoms with van der Waals surface area (Å²) in [7, 11) is 2.02. The molecule has 1 aliphatic carbocycles. The summed E-state index contributed by atoms with van der Waals surface area (Å²) < 4.78 is 33.7. The molecule has 1 atom stereocenters. The van der Waals surface area contributed by atoms with E-state index in [0.717, 1.165) is 18.7 Å². The lowest BCUT2D eigenvalue weighted by atomic mass is 9.86. The first-order valence-corrected chi connectivity index (χ1v) is 11.0. The Morgan fingerprint density at radius 3 is 2.72 bits per heavy atom. The van der Waals surface area contributed by atoms with Crippen molar-refractivity contribution in [3.8, 4) is 10.6 Å². The maximum absolute atomic E-state index is 10.6. The summed E-state index contributed by atoms with van der Waals surface area (Å²) in [4.78, 5) is 10.2. The molecule has 172 valence electrons. The van der Waals surface area contributed by atoms with E-state index in [9.17, 15) is 13.2 Å². The topological polar surface area (TPSA) is 93.2 Å². The van der Waals surface area contributed by atoms with Crippen molar-refractivity contribution in [2.75, 3.05) is 0 Å². The molecule has 0 saturated heterocycles. The van der Waals surface area contributed by atoms with Crippen LogP contribution in [0.2, 0.25) is 0 Å². The van der Waals surface area contributed by atoms with Crippen LogP contribution in [-0.4, -0.2) is 27.0 Å². The van der Waals surface area contributed by atoms with Crippen LogP contribution in [0.25, 0.3) is 10.6 Å². The van der Waals surface area contributed by atoms with Gasteiger partial charge in [0.1, 0.15) is 0 Å². The number of hydrogen-bond donors (Lipinski definition) is 3. The zero-order chi connectivity index (χ0) is 23.3. The van der Waals surface area contributed by atoms with E-state index in [1.165, 1.54) is 40.1 Å². The molecule has 0 saturated carbocycles. The first kappa shape index (κ1) is 24.0. The number of aryl methyl sites for hydroxylation is 2. The van der Waals surface area contributed by atoms with Crippen molar-refractivity contribution < 1.29 is 23.1 Å². The van der Waals surface area contributed by atoms with Crippen LogP contribution in [-0.2, 0) is 31.4 Å². The van der Waals surface area contributed by atoms with Crippen molar-refractivity contribution >= 4 is 17.3 Å². The first-order valence-electron chi connectivity index (χ1n) is 10.1. The van der Waals surface area contributed by atoms with E-state index in [0.29, 0.717) is 12.6 Å². The van der Waals surface area contributed by atoms with Gasteiger partial charge in [-0.2, -0.15) is 18.3 Å². The Bertz CT molecular complexity index is 1050. The van der Waals surface area contributed by atoms with Crippen LogP contribution in [0.3, 0.4) is 0 Å². The number of thiophene rings is 1. The van der Waals surface area contributed by atoms with Crippen molar-refractivity contribution in [1.82, 2.24) is 15.1 Å². The van der Waals surface area contributed by atoms with E-state index in [4.69, 9.17) is 15.6 Å². The molecule has 0 fully saturated rings. The number of nitrogens with zero attached hydrogens (tertiary/aromatic N) is 2. The quantitative estimate of drug-likeness (QED) is 0.518. The van der Waals surface area contributed by atoms with Gasteiger partial charge in [0.25, 0.3) is 0 Å². The predicted octanol–water partition coefficient (Wildman–Crippen LogP) is 4.41. The van der Waals surface area contributed by atoms with E-state index in [-0.39, 0.29) is 0 Å². The molecule has 1 aromatic carbocycles. The maximum Gasteiger partial charge on any atom is 0.490 e. The number of carboxylic acid groups (broad SMARTS) is 1. The number of hydrogen-bond acceptors (Lipinski definition) is 5. The van der Waals surface area contributed by atoms with Crippen molar-refractivity contribution in [3.63, 3.8) is 0 Å². The Labute approximate surface area is 187 Å². The third-order valence-corrected chi connectivity index (χ3v) is 6.13. The molecule has 10 heteroatoms. The molecule has 0 spiro atoms. The predicted molar refractivity (Wildman–Crippen MR) is 117 cm³/mol. The van der Waals surface area contributed by atoms with Crippen molar-refractivity contribution in [2.24, 2.45) is 12.8 Å². The molecule has 3 aromatic rings. The van der Waals surface area contributed by atoms with E-state index < -0.39 is 12.1 Å². The third kappa shape index (κ3) is 5.96. The number of aromatic nitrogens is 2. The highest BCUT2D eigenvalue weighted by Gasteiger charge is 2.38. The lowest BCUT2D eigenvalue weighted by Crippen LogP contribution is -2.25. The average Bonchev–Trinajstić information content (AvgIpc) is 3.41. The number of nitrogens with two attached hydrogens (primary N) is 1. The van der Waals surface area contributed by atoms with Crippen LogP contribution >= 0.6 is 11.3 Å². The van der Waals surface area contributed by atoms with E-state index in [1.54, 1.807) is 11.3 Å². The highest BCUT2D eigenvalue weighted by molar-refractivity contribution is 7.13. The standard InChI is InChI=1S/C20H24N4S.C2HF3O2/c1-24-19(20-6-3-9-25-20)11-16(23-24)13-22-18-5-2-4-15-10-14(12-21)7-8-17(15)18;3-2(4,5)1(6)7/h3,6-11,18,22H,2,4-5,12-13,21H2,1H3;(H,6,7). The third-order valence-electron chi connectivity index (χ3n) is 5.23. The summed E-state index contributed by atoms with van der Waals surface area (Å²) in [5.74, 6) is -2.76. The van der Waals surface area contributed by atoms with Gasteiger partial charge < -0.3 is 16.2 Å². The molecule has 0 aliphatic heterocycles. The SMILES string of the molecule is Cn1nc(CNC2CCCc3cc(CN)ccc32)cc1-c1cccs1.O=C(O)C(F)(F)F. The molecule has 2 aromatic heterocycles. The summed E-state index contributed by atoms with van der Waals surface area (Å²) in [6.07, 6.45) is -1.52. The Morgan fingerprint density at radius 1 is 1.34 bits per heavy atom. The van der Waals surface area contributed by atoms with Gasteiger partial charge in [0.2, 0.25) is 0 Å². The van der Waals surface area contributed by atoms with Gasteiger partial charge in [0, 0.05) is 26.2 Å². The molecule has 0 amide bonds. The fourth-order valence-electron chi connectivity index (χ4n) is 3.70. The smallest absolute Gasteiger partial charge is 0.475 e. The summed E-state index contributed by atoms with van der Waals surface area (Å²) in [5.41, 5.74) is 12.2. The number of alkyl halides is 3. The minimum Gasteiger partial charge on any atom is -0.475 e. The van der Waals surface area contributed by atoms with Gasteiger partial charge in [-0.25, -0.2) is 4.79 Å². The van der Waals surface area contributed by atoms with Gasteiger partial charge in [0.15, 0.2) is 0 Å². The summed E-state index contributed by atoms with van der Waals surface area (Å²) >= 11 is 1.75. The molecule has 4 rings (SSSR count).